The van der Waals surface area contributed by atoms with Crippen molar-refractivity contribution in [2.24, 2.45) is 11.7 Å². The van der Waals surface area contributed by atoms with Gasteiger partial charge in [0, 0.05) is 36.7 Å². The maximum absolute atomic E-state index is 13.2. The zero-order valence-electron chi connectivity index (χ0n) is 24.6. The molecule has 9 N–H and O–H groups in total. The Labute approximate surface area is 260 Å². The molecular weight excluding hydrogens is 602 g/mol. The highest BCUT2D eigenvalue weighted by Gasteiger charge is 2.31. The van der Waals surface area contributed by atoms with Crippen LogP contribution >= 0.6 is 25.3 Å². The van der Waals surface area contributed by atoms with E-state index in [4.69, 9.17) is 5.73 Å². The first-order valence-electron chi connectivity index (χ1n) is 13.4. The second kappa shape index (κ2) is 18.0. The van der Waals surface area contributed by atoms with Gasteiger partial charge in [0.25, 0.3) is 0 Å². The van der Waals surface area contributed by atoms with E-state index in [1.165, 1.54) is 33.3 Å². The summed E-state index contributed by atoms with van der Waals surface area (Å²) in [4.78, 5) is 93.9. The van der Waals surface area contributed by atoms with E-state index in [0.29, 0.717) is 5.69 Å². The van der Waals surface area contributed by atoms with Crippen LogP contribution in [0.15, 0.2) is 12.5 Å². The summed E-state index contributed by atoms with van der Waals surface area (Å²) in [6, 6.07) is -6.53. The molecule has 1 heterocycles. The summed E-state index contributed by atoms with van der Waals surface area (Å²) in [5.41, 5.74) is 5.75. The van der Waals surface area contributed by atoms with Crippen LogP contribution in [0.25, 0.3) is 0 Å². The largest absolute Gasteiger partial charge is 0.368 e. The molecule has 0 aliphatic rings. The molecule has 0 fully saturated rings. The number of rotatable bonds is 17. The summed E-state index contributed by atoms with van der Waals surface area (Å²) in [5, 5.41) is 14.9. The summed E-state index contributed by atoms with van der Waals surface area (Å²) < 4.78 is 0. The van der Waals surface area contributed by atoms with Gasteiger partial charge in [-0.05, 0) is 19.8 Å². The van der Waals surface area contributed by atoms with Crippen molar-refractivity contribution in [3.63, 3.8) is 0 Å². The average molecular weight is 644 g/mol. The van der Waals surface area contributed by atoms with Crippen LogP contribution < -0.4 is 37.6 Å². The van der Waals surface area contributed by atoms with Crippen molar-refractivity contribution < 1.29 is 33.6 Å². The van der Waals surface area contributed by atoms with Gasteiger partial charge < -0.3 is 42.6 Å². The smallest absolute Gasteiger partial charge is 0.244 e. The summed E-state index contributed by atoms with van der Waals surface area (Å²) in [6.07, 6.45) is 2.81. The number of aromatic nitrogens is 2. The van der Waals surface area contributed by atoms with Crippen LogP contribution in [-0.4, -0.2) is 99.1 Å². The third-order valence-electron chi connectivity index (χ3n) is 6.08. The van der Waals surface area contributed by atoms with Gasteiger partial charge in [-0.1, -0.05) is 13.8 Å². The predicted molar refractivity (Wildman–Crippen MR) is 163 cm³/mol. The van der Waals surface area contributed by atoms with Gasteiger partial charge in [0.15, 0.2) is 0 Å². The van der Waals surface area contributed by atoms with Gasteiger partial charge in [-0.2, -0.15) is 25.3 Å². The minimum absolute atomic E-state index is 0.00913. The Bertz CT molecular complexity index is 1150. The number of hydrogen-bond donors (Lipinski definition) is 10. The molecule has 0 saturated carbocycles. The van der Waals surface area contributed by atoms with Gasteiger partial charge in [-0.15, -0.1) is 0 Å². The van der Waals surface area contributed by atoms with Gasteiger partial charge >= 0.3 is 0 Å². The molecule has 7 amide bonds. The maximum atomic E-state index is 13.2. The fraction of sp³-hybridized carbons (Fsp3) is 0.600. The van der Waals surface area contributed by atoms with Crippen LogP contribution in [0, 0.1) is 5.92 Å². The predicted octanol–water partition coefficient (Wildman–Crippen LogP) is -3.08. The Hall–Kier alpha value is -3.80. The average Bonchev–Trinajstić information content (AvgIpc) is 3.44. The number of H-pyrrole nitrogens is 1. The lowest BCUT2D eigenvalue weighted by molar-refractivity contribution is -0.135. The van der Waals surface area contributed by atoms with Crippen LogP contribution in [0.5, 0.6) is 0 Å². The maximum Gasteiger partial charge on any atom is 0.244 e. The fourth-order valence-corrected chi connectivity index (χ4v) is 4.13. The van der Waals surface area contributed by atoms with Gasteiger partial charge in [0.05, 0.1) is 6.33 Å². The third kappa shape index (κ3) is 12.5. The van der Waals surface area contributed by atoms with E-state index in [0.717, 1.165) is 0 Å². The molecule has 0 bridgehead atoms. The monoisotopic (exact) mass is 643 g/mol. The molecule has 1 aromatic rings. The van der Waals surface area contributed by atoms with Gasteiger partial charge in [-0.3, -0.25) is 33.6 Å². The van der Waals surface area contributed by atoms with Crippen molar-refractivity contribution in [3.8, 4) is 0 Å². The van der Waals surface area contributed by atoms with E-state index in [-0.39, 0.29) is 17.9 Å². The molecule has 1 rings (SSSR count). The van der Waals surface area contributed by atoms with E-state index in [1.807, 2.05) is 0 Å². The summed E-state index contributed by atoms with van der Waals surface area (Å²) >= 11 is 8.03. The number of nitrogens with two attached hydrogens (primary N) is 1. The molecule has 6 atom stereocenters. The van der Waals surface area contributed by atoms with E-state index in [1.54, 1.807) is 13.8 Å². The van der Waals surface area contributed by atoms with E-state index in [2.05, 4.69) is 67.1 Å². The number of hydrogen-bond acceptors (Lipinski definition) is 10. The molecule has 240 valence electrons. The Morgan fingerprint density at radius 2 is 1.26 bits per heavy atom. The van der Waals surface area contributed by atoms with Crippen molar-refractivity contribution in [1.82, 2.24) is 41.9 Å². The van der Waals surface area contributed by atoms with Crippen molar-refractivity contribution >= 4 is 66.6 Å². The Kier molecular flexibility index (Phi) is 15.6. The number of thiol groups is 2. The van der Waals surface area contributed by atoms with E-state index < -0.39 is 83.5 Å². The molecule has 16 nitrogen and oxygen atoms in total. The number of imidazole rings is 1. The number of primary amides is 1. The Morgan fingerprint density at radius 1 is 0.744 bits per heavy atom. The molecule has 0 aliphatic carbocycles. The highest BCUT2D eigenvalue weighted by Crippen LogP contribution is 2.05. The SMILES string of the molecule is CC(=O)N[C@@H](CS)C(=O)N[C@@H](C)C(=O)N[C@@H](Cc1cnc[nH]1)C(=O)N[C@@H](C)C(=O)N[C@H](C(=O)N[C@@H](CS)C(N)=O)C(C)C. The first-order valence-corrected chi connectivity index (χ1v) is 14.6. The molecule has 0 saturated heterocycles. The number of carbonyl (C=O) groups excluding carboxylic acids is 7. The number of aromatic amines is 1. The van der Waals surface area contributed by atoms with Gasteiger partial charge in [0.2, 0.25) is 41.4 Å². The normalized spacial score (nSPS) is 15.1. The lowest BCUT2D eigenvalue weighted by Gasteiger charge is -2.26. The molecule has 0 spiro atoms. The number of carbonyl (C=O) groups is 7. The van der Waals surface area contributed by atoms with Gasteiger partial charge in [0.1, 0.15) is 36.3 Å². The second-order valence-electron chi connectivity index (χ2n) is 10.1. The van der Waals surface area contributed by atoms with Crippen LogP contribution in [-0.2, 0) is 40.0 Å². The molecular formula is C25H41N9O7S2. The summed E-state index contributed by atoms with van der Waals surface area (Å²) in [6.45, 7) is 7.38. The fourth-order valence-electron chi connectivity index (χ4n) is 3.60. The molecule has 1 aromatic heterocycles. The summed E-state index contributed by atoms with van der Waals surface area (Å²) in [7, 11) is 0. The minimum Gasteiger partial charge on any atom is -0.368 e. The first-order chi connectivity index (χ1) is 20.1. The lowest BCUT2D eigenvalue weighted by atomic mass is 10.0. The molecule has 0 aliphatic heterocycles. The highest BCUT2D eigenvalue weighted by molar-refractivity contribution is 7.80. The molecule has 0 aromatic carbocycles. The van der Waals surface area contributed by atoms with Crippen LogP contribution in [0.4, 0.5) is 0 Å². The molecule has 0 unspecified atom stereocenters. The molecule has 0 radical (unpaired) electrons. The zero-order chi connectivity index (χ0) is 32.9. The lowest BCUT2D eigenvalue weighted by Crippen LogP contribution is -2.60. The Morgan fingerprint density at radius 3 is 1.70 bits per heavy atom. The van der Waals surface area contributed by atoms with Crippen molar-refractivity contribution in [1.29, 1.82) is 0 Å². The van der Waals surface area contributed by atoms with Gasteiger partial charge in [-0.25, -0.2) is 4.98 Å². The van der Waals surface area contributed by atoms with Crippen LogP contribution in [0.2, 0.25) is 0 Å². The number of nitrogens with one attached hydrogen (secondary N) is 7. The van der Waals surface area contributed by atoms with Crippen LogP contribution in [0.3, 0.4) is 0 Å². The standard InChI is InChI=1S/C25H41N9O7S2/c1-11(2)19(25(41)33-17(8-42)20(26)36)34-22(38)13(4)29-23(39)16(6-15-7-27-10-28-15)32-21(37)12(3)30-24(40)18(9-43)31-14(5)35/h7,10-13,16-19,42-43H,6,8-9H2,1-5H3,(H2,26,36)(H,27,28)(H,29,39)(H,30,40)(H,31,35)(H,32,37)(H,33,41)(H,34,38)/t12-,13-,16-,17-,18-,19-/m0/s1. The first kappa shape index (κ1) is 37.2. The van der Waals surface area contributed by atoms with E-state index >= 15 is 0 Å². The molecule has 18 heteroatoms. The highest BCUT2D eigenvalue weighted by atomic mass is 32.1. The van der Waals surface area contributed by atoms with Crippen LogP contribution in [0.1, 0.15) is 40.3 Å². The molecule has 43 heavy (non-hydrogen) atoms. The second-order valence-corrected chi connectivity index (χ2v) is 10.8. The third-order valence-corrected chi connectivity index (χ3v) is 6.81. The number of amides is 7. The quantitative estimate of drug-likeness (QED) is 0.0778. The van der Waals surface area contributed by atoms with E-state index in [9.17, 15) is 33.6 Å². The number of nitrogens with zero attached hydrogens (tertiary/aromatic N) is 1. The van der Waals surface area contributed by atoms with Crippen molar-refractivity contribution in [2.45, 2.75) is 77.3 Å². The zero-order valence-corrected chi connectivity index (χ0v) is 26.4. The van der Waals surface area contributed by atoms with Crippen molar-refractivity contribution in [3.05, 3.63) is 18.2 Å². The van der Waals surface area contributed by atoms with Crippen molar-refractivity contribution in [2.75, 3.05) is 11.5 Å². The topological polar surface area (TPSA) is 246 Å². The Balaban J connectivity index is 2.96. The minimum atomic E-state index is -1.20. The summed E-state index contributed by atoms with van der Waals surface area (Å²) in [5.74, 6) is -5.12.